The van der Waals surface area contributed by atoms with Gasteiger partial charge in [0.25, 0.3) is 5.91 Å². The van der Waals surface area contributed by atoms with E-state index in [1.807, 2.05) is 6.92 Å². The molecule has 0 saturated carbocycles. The van der Waals surface area contributed by atoms with Gasteiger partial charge in [0.2, 0.25) is 0 Å². The molecule has 0 aromatic carbocycles. The number of thiocarbonyl (C=S) groups is 1. The molecule has 0 atom stereocenters. The molecule has 1 rings (SSSR count). The lowest BCUT2D eigenvalue weighted by atomic mass is 10.4. The highest BCUT2D eigenvalue weighted by Gasteiger charge is 2.29. The van der Waals surface area contributed by atoms with E-state index in [2.05, 4.69) is 6.58 Å². The first kappa shape index (κ1) is 9.48. The van der Waals surface area contributed by atoms with Crippen molar-refractivity contribution in [1.29, 1.82) is 0 Å². The van der Waals surface area contributed by atoms with Crippen LogP contribution in [0.15, 0.2) is 23.6 Å². The van der Waals surface area contributed by atoms with Crippen LogP contribution in [0.25, 0.3) is 0 Å². The van der Waals surface area contributed by atoms with Crippen molar-refractivity contribution in [1.82, 2.24) is 4.90 Å². The maximum Gasteiger partial charge on any atom is 0.266 e. The van der Waals surface area contributed by atoms with Crippen LogP contribution >= 0.6 is 24.0 Å². The summed E-state index contributed by atoms with van der Waals surface area (Å²) in [6.45, 7) is 5.90. The molecule has 4 heteroatoms. The summed E-state index contributed by atoms with van der Waals surface area (Å²) < 4.78 is 0.619. The number of allylic oxidation sites excluding steroid dienone is 1. The van der Waals surface area contributed by atoms with Crippen LogP contribution in [0.5, 0.6) is 0 Å². The molecule has 0 aliphatic carbocycles. The molecule has 0 aromatic heterocycles. The predicted octanol–water partition coefficient (Wildman–Crippen LogP) is 1.94. The first-order chi connectivity index (χ1) is 5.70. The van der Waals surface area contributed by atoms with Gasteiger partial charge in [-0.25, -0.2) is 0 Å². The summed E-state index contributed by atoms with van der Waals surface area (Å²) in [6.07, 6.45) is 3.45. The SMILES string of the molecule is C=CCN1C(=O)/C(=C/C)SC1=S. The summed E-state index contributed by atoms with van der Waals surface area (Å²) in [7, 11) is 0. The van der Waals surface area contributed by atoms with Gasteiger partial charge in [0.15, 0.2) is 0 Å². The molecular formula is C8H9NOS2. The Kier molecular flexibility index (Phi) is 3.05. The Labute approximate surface area is 81.3 Å². The van der Waals surface area contributed by atoms with Crippen LogP contribution in [0.4, 0.5) is 0 Å². The fourth-order valence-electron chi connectivity index (χ4n) is 0.878. The molecule has 1 aliphatic heterocycles. The third-order valence-electron chi connectivity index (χ3n) is 1.45. The van der Waals surface area contributed by atoms with Gasteiger partial charge in [-0.05, 0) is 6.92 Å². The number of thioether (sulfide) groups is 1. The van der Waals surface area contributed by atoms with Gasteiger partial charge in [-0.3, -0.25) is 9.69 Å². The summed E-state index contributed by atoms with van der Waals surface area (Å²) in [5, 5.41) is 0. The molecule has 0 N–H and O–H groups in total. The second-order valence-electron chi connectivity index (χ2n) is 2.23. The topological polar surface area (TPSA) is 20.3 Å². The van der Waals surface area contributed by atoms with Crippen LogP contribution in [0.2, 0.25) is 0 Å². The molecule has 0 aromatic rings. The van der Waals surface area contributed by atoms with E-state index in [0.29, 0.717) is 15.8 Å². The number of carbonyl (C=O) groups is 1. The number of carbonyl (C=O) groups excluding carboxylic acids is 1. The van der Waals surface area contributed by atoms with Crippen molar-refractivity contribution < 1.29 is 4.79 Å². The van der Waals surface area contributed by atoms with Gasteiger partial charge in [-0.1, -0.05) is 36.1 Å². The van der Waals surface area contributed by atoms with E-state index >= 15 is 0 Å². The van der Waals surface area contributed by atoms with Crippen molar-refractivity contribution >= 4 is 34.2 Å². The molecule has 1 saturated heterocycles. The standard InChI is InChI=1S/C8H9NOS2/c1-3-5-9-7(10)6(4-2)12-8(9)11/h3-4H,1,5H2,2H3/b6-4-. The quantitative estimate of drug-likeness (QED) is 0.385. The Hall–Kier alpha value is -0.610. The molecule has 0 radical (unpaired) electrons. The number of hydrogen-bond donors (Lipinski definition) is 0. The molecule has 0 unspecified atom stereocenters. The minimum atomic E-state index is -0.00704. The average Bonchev–Trinajstić information content (AvgIpc) is 2.32. The lowest BCUT2D eigenvalue weighted by Crippen LogP contribution is -2.27. The van der Waals surface area contributed by atoms with Crippen molar-refractivity contribution in [3.63, 3.8) is 0 Å². The highest BCUT2D eigenvalue weighted by atomic mass is 32.2. The summed E-state index contributed by atoms with van der Waals surface area (Å²) in [5.41, 5.74) is 0. The average molecular weight is 199 g/mol. The van der Waals surface area contributed by atoms with Gasteiger partial charge in [0, 0.05) is 6.54 Å². The third-order valence-corrected chi connectivity index (χ3v) is 2.94. The zero-order valence-electron chi connectivity index (χ0n) is 6.74. The van der Waals surface area contributed by atoms with Crippen molar-refractivity contribution in [3.8, 4) is 0 Å². The Morgan fingerprint density at radius 3 is 2.83 bits per heavy atom. The van der Waals surface area contributed by atoms with Gasteiger partial charge < -0.3 is 0 Å². The molecule has 1 amide bonds. The molecule has 0 spiro atoms. The molecule has 12 heavy (non-hydrogen) atoms. The van der Waals surface area contributed by atoms with Gasteiger partial charge >= 0.3 is 0 Å². The summed E-state index contributed by atoms with van der Waals surface area (Å²) >= 11 is 6.35. The van der Waals surface area contributed by atoms with Crippen molar-refractivity contribution in [2.75, 3.05) is 6.54 Å². The summed E-state index contributed by atoms with van der Waals surface area (Å²) in [5.74, 6) is -0.00704. The normalized spacial score (nSPS) is 20.8. The fraction of sp³-hybridized carbons (Fsp3) is 0.250. The second kappa shape index (κ2) is 3.87. The van der Waals surface area contributed by atoms with E-state index in [1.165, 1.54) is 11.8 Å². The van der Waals surface area contributed by atoms with E-state index in [-0.39, 0.29) is 5.91 Å². The van der Waals surface area contributed by atoms with Gasteiger partial charge in [0.05, 0.1) is 4.91 Å². The lowest BCUT2D eigenvalue weighted by Gasteiger charge is -2.10. The zero-order chi connectivity index (χ0) is 9.14. The Balaban J connectivity index is 2.84. The molecule has 64 valence electrons. The van der Waals surface area contributed by atoms with Crippen LogP contribution in [0.3, 0.4) is 0 Å². The molecule has 1 aliphatic rings. The maximum atomic E-state index is 11.4. The lowest BCUT2D eigenvalue weighted by molar-refractivity contribution is -0.121. The molecular weight excluding hydrogens is 190 g/mol. The number of amides is 1. The van der Waals surface area contributed by atoms with Crippen molar-refractivity contribution in [2.24, 2.45) is 0 Å². The summed E-state index contributed by atoms with van der Waals surface area (Å²) in [4.78, 5) is 13.7. The van der Waals surface area contributed by atoms with Gasteiger partial charge in [-0.2, -0.15) is 0 Å². The Morgan fingerprint density at radius 1 is 1.75 bits per heavy atom. The minimum absolute atomic E-state index is 0.00704. The first-order valence-corrected chi connectivity index (χ1v) is 4.74. The molecule has 2 nitrogen and oxygen atoms in total. The van der Waals surface area contributed by atoms with E-state index in [1.54, 1.807) is 17.1 Å². The smallest absolute Gasteiger partial charge is 0.266 e. The van der Waals surface area contributed by atoms with Crippen LogP contribution in [-0.2, 0) is 4.79 Å². The molecule has 0 bridgehead atoms. The maximum absolute atomic E-state index is 11.4. The van der Waals surface area contributed by atoms with E-state index in [4.69, 9.17) is 12.2 Å². The highest BCUT2D eigenvalue weighted by molar-refractivity contribution is 8.26. The summed E-state index contributed by atoms with van der Waals surface area (Å²) in [6, 6.07) is 0. The monoisotopic (exact) mass is 199 g/mol. The zero-order valence-corrected chi connectivity index (χ0v) is 8.37. The van der Waals surface area contributed by atoms with Gasteiger partial charge in [-0.15, -0.1) is 6.58 Å². The number of nitrogens with zero attached hydrogens (tertiary/aromatic N) is 1. The first-order valence-electron chi connectivity index (χ1n) is 3.51. The van der Waals surface area contributed by atoms with Crippen LogP contribution < -0.4 is 0 Å². The highest BCUT2D eigenvalue weighted by Crippen LogP contribution is 2.30. The van der Waals surface area contributed by atoms with E-state index in [0.717, 1.165) is 0 Å². The Morgan fingerprint density at radius 2 is 2.42 bits per heavy atom. The number of hydrogen-bond acceptors (Lipinski definition) is 3. The van der Waals surface area contributed by atoms with E-state index < -0.39 is 0 Å². The van der Waals surface area contributed by atoms with Crippen LogP contribution in [0, 0.1) is 0 Å². The van der Waals surface area contributed by atoms with Gasteiger partial charge in [0.1, 0.15) is 4.32 Å². The fourth-order valence-corrected chi connectivity index (χ4v) is 2.08. The van der Waals surface area contributed by atoms with Crippen molar-refractivity contribution in [3.05, 3.63) is 23.6 Å². The minimum Gasteiger partial charge on any atom is -0.289 e. The van der Waals surface area contributed by atoms with Crippen molar-refractivity contribution in [2.45, 2.75) is 6.92 Å². The predicted molar refractivity (Wildman–Crippen MR) is 55.9 cm³/mol. The Bertz CT molecular complexity index is 270. The second-order valence-corrected chi connectivity index (χ2v) is 3.90. The molecule has 1 fully saturated rings. The third kappa shape index (κ3) is 1.59. The van der Waals surface area contributed by atoms with Crippen LogP contribution in [-0.4, -0.2) is 21.7 Å². The largest absolute Gasteiger partial charge is 0.289 e. The number of rotatable bonds is 2. The van der Waals surface area contributed by atoms with E-state index in [9.17, 15) is 4.79 Å². The van der Waals surface area contributed by atoms with Crippen LogP contribution in [0.1, 0.15) is 6.92 Å². The molecule has 1 heterocycles.